The summed E-state index contributed by atoms with van der Waals surface area (Å²) in [7, 11) is 0. The van der Waals surface area contributed by atoms with Gasteiger partial charge >= 0.3 is 0 Å². The number of aryl methyl sites for hydroxylation is 1. The lowest BCUT2D eigenvalue weighted by Crippen LogP contribution is -2.38. The van der Waals surface area contributed by atoms with Crippen LogP contribution in [0.5, 0.6) is 0 Å². The van der Waals surface area contributed by atoms with E-state index in [1.165, 1.54) is 30.4 Å². The molecule has 1 nitrogen and oxygen atoms in total. The Hall–Kier alpha value is -0.820. The summed E-state index contributed by atoms with van der Waals surface area (Å²) >= 11 is 0. The maximum atomic E-state index is 3.71. The molecule has 0 radical (unpaired) electrons. The fourth-order valence-electron chi connectivity index (χ4n) is 2.42. The van der Waals surface area contributed by atoms with E-state index in [0.717, 1.165) is 12.6 Å². The SMILES string of the molecule is Cc1cccc(CC(C)(CNC2CC2)C(C)C)c1. The fraction of sp³-hybridized carbons (Fsp3) is 0.647. The van der Waals surface area contributed by atoms with Gasteiger partial charge in [0.1, 0.15) is 0 Å². The summed E-state index contributed by atoms with van der Waals surface area (Å²) in [5.74, 6) is 0.698. The second-order valence-corrected chi connectivity index (χ2v) is 6.63. The van der Waals surface area contributed by atoms with Crippen LogP contribution in [-0.4, -0.2) is 12.6 Å². The van der Waals surface area contributed by atoms with Crippen molar-refractivity contribution in [1.29, 1.82) is 0 Å². The fourth-order valence-corrected chi connectivity index (χ4v) is 2.42. The van der Waals surface area contributed by atoms with Crippen molar-refractivity contribution < 1.29 is 0 Å². The van der Waals surface area contributed by atoms with Crippen LogP contribution in [0.3, 0.4) is 0 Å². The number of nitrogens with one attached hydrogen (secondary N) is 1. The van der Waals surface area contributed by atoms with Gasteiger partial charge < -0.3 is 5.32 Å². The molecule has 18 heavy (non-hydrogen) atoms. The van der Waals surface area contributed by atoms with E-state index in [-0.39, 0.29) is 0 Å². The molecule has 1 atom stereocenters. The molecule has 0 heterocycles. The van der Waals surface area contributed by atoms with Crippen molar-refractivity contribution in [2.45, 2.75) is 53.0 Å². The van der Waals surface area contributed by atoms with Gasteiger partial charge in [0, 0.05) is 12.6 Å². The molecule has 0 aliphatic heterocycles. The Morgan fingerprint density at radius 2 is 2.06 bits per heavy atom. The molecule has 0 amide bonds. The first kappa shape index (κ1) is 13.6. The highest BCUT2D eigenvalue weighted by molar-refractivity contribution is 5.23. The van der Waals surface area contributed by atoms with Gasteiger partial charge in [0.2, 0.25) is 0 Å². The predicted molar refractivity (Wildman–Crippen MR) is 78.9 cm³/mol. The maximum Gasteiger partial charge on any atom is 0.00684 e. The molecular weight excluding hydrogens is 218 g/mol. The molecule has 2 rings (SSSR count). The van der Waals surface area contributed by atoms with E-state index in [0.29, 0.717) is 11.3 Å². The highest BCUT2D eigenvalue weighted by Crippen LogP contribution is 2.32. The van der Waals surface area contributed by atoms with Gasteiger partial charge in [0.15, 0.2) is 0 Å². The molecule has 1 heteroatoms. The Morgan fingerprint density at radius 1 is 1.33 bits per heavy atom. The van der Waals surface area contributed by atoms with Crippen LogP contribution in [0.25, 0.3) is 0 Å². The third-order valence-electron chi connectivity index (χ3n) is 4.46. The Bertz CT molecular complexity index is 392. The van der Waals surface area contributed by atoms with Crippen LogP contribution in [0.4, 0.5) is 0 Å². The van der Waals surface area contributed by atoms with Gasteiger partial charge in [-0.3, -0.25) is 0 Å². The first-order chi connectivity index (χ1) is 8.49. The monoisotopic (exact) mass is 245 g/mol. The Balaban J connectivity index is 2.03. The Kier molecular flexibility index (Phi) is 4.11. The van der Waals surface area contributed by atoms with Gasteiger partial charge in [0.05, 0.1) is 0 Å². The molecule has 1 saturated carbocycles. The third kappa shape index (κ3) is 3.58. The molecule has 1 aromatic rings. The lowest BCUT2D eigenvalue weighted by molar-refractivity contribution is 0.206. The molecule has 1 unspecified atom stereocenters. The molecular formula is C17H27N. The normalized spacial score (nSPS) is 18.9. The minimum Gasteiger partial charge on any atom is -0.313 e. The average molecular weight is 245 g/mol. The van der Waals surface area contributed by atoms with Gasteiger partial charge in [0.25, 0.3) is 0 Å². The molecule has 1 N–H and O–H groups in total. The zero-order chi connectivity index (χ0) is 13.2. The summed E-state index contributed by atoms with van der Waals surface area (Å²) in [4.78, 5) is 0. The summed E-state index contributed by atoms with van der Waals surface area (Å²) in [5, 5.41) is 3.71. The van der Waals surface area contributed by atoms with Gasteiger partial charge in [-0.1, -0.05) is 50.6 Å². The lowest BCUT2D eigenvalue weighted by atomic mass is 9.74. The van der Waals surface area contributed by atoms with Crippen molar-refractivity contribution in [2.24, 2.45) is 11.3 Å². The topological polar surface area (TPSA) is 12.0 Å². The van der Waals surface area contributed by atoms with Crippen LogP contribution >= 0.6 is 0 Å². The first-order valence-corrected chi connectivity index (χ1v) is 7.28. The number of benzene rings is 1. The van der Waals surface area contributed by atoms with E-state index in [2.05, 4.69) is 57.3 Å². The van der Waals surface area contributed by atoms with E-state index in [4.69, 9.17) is 0 Å². The van der Waals surface area contributed by atoms with E-state index in [1.54, 1.807) is 0 Å². The van der Waals surface area contributed by atoms with Gasteiger partial charge in [-0.05, 0) is 43.1 Å². The summed E-state index contributed by atoms with van der Waals surface area (Å²) < 4.78 is 0. The zero-order valence-electron chi connectivity index (χ0n) is 12.3. The summed E-state index contributed by atoms with van der Waals surface area (Å²) in [6.07, 6.45) is 3.92. The number of rotatable bonds is 6. The van der Waals surface area contributed by atoms with Crippen LogP contribution in [0, 0.1) is 18.3 Å². The van der Waals surface area contributed by atoms with E-state index in [9.17, 15) is 0 Å². The molecule has 0 bridgehead atoms. The maximum absolute atomic E-state index is 3.71. The minimum atomic E-state index is 0.358. The average Bonchev–Trinajstić information content (AvgIpc) is 3.10. The first-order valence-electron chi connectivity index (χ1n) is 7.28. The molecule has 1 aliphatic rings. The quantitative estimate of drug-likeness (QED) is 0.800. The van der Waals surface area contributed by atoms with Crippen LogP contribution in [0.2, 0.25) is 0 Å². The molecule has 0 saturated heterocycles. The highest BCUT2D eigenvalue weighted by Gasteiger charge is 2.31. The van der Waals surface area contributed by atoms with E-state index >= 15 is 0 Å². The zero-order valence-corrected chi connectivity index (χ0v) is 12.3. The second-order valence-electron chi connectivity index (χ2n) is 6.63. The Morgan fingerprint density at radius 3 is 2.61 bits per heavy atom. The molecule has 1 fully saturated rings. The second kappa shape index (κ2) is 5.44. The highest BCUT2D eigenvalue weighted by atomic mass is 15.0. The smallest absolute Gasteiger partial charge is 0.00684 e. The van der Waals surface area contributed by atoms with Crippen LogP contribution in [0.1, 0.15) is 44.7 Å². The van der Waals surface area contributed by atoms with Crippen LogP contribution in [-0.2, 0) is 6.42 Å². The van der Waals surface area contributed by atoms with Crippen molar-refractivity contribution in [1.82, 2.24) is 5.32 Å². The summed E-state index contributed by atoms with van der Waals surface area (Å²) in [6, 6.07) is 9.77. The third-order valence-corrected chi connectivity index (χ3v) is 4.46. The van der Waals surface area contributed by atoms with E-state index in [1.807, 2.05) is 0 Å². The van der Waals surface area contributed by atoms with Crippen molar-refractivity contribution in [3.8, 4) is 0 Å². The molecule has 0 aromatic heterocycles. The van der Waals surface area contributed by atoms with Crippen molar-refractivity contribution in [3.63, 3.8) is 0 Å². The Labute approximate surface area is 112 Å². The summed E-state index contributed by atoms with van der Waals surface area (Å²) in [5.41, 5.74) is 3.20. The lowest BCUT2D eigenvalue weighted by Gasteiger charge is -2.34. The molecule has 0 spiro atoms. The van der Waals surface area contributed by atoms with Crippen molar-refractivity contribution in [2.75, 3.05) is 6.54 Å². The molecule has 1 aromatic carbocycles. The predicted octanol–water partition coefficient (Wildman–Crippen LogP) is 3.95. The molecule has 100 valence electrons. The van der Waals surface area contributed by atoms with E-state index < -0.39 is 0 Å². The molecule has 1 aliphatic carbocycles. The number of hydrogen-bond donors (Lipinski definition) is 1. The van der Waals surface area contributed by atoms with Crippen molar-refractivity contribution in [3.05, 3.63) is 35.4 Å². The standard InChI is InChI=1S/C17H27N/c1-13(2)17(4,12-18-16-8-9-16)11-15-7-5-6-14(3)10-15/h5-7,10,13,16,18H,8-9,11-12H2,1-4H3. The van der Waals surface area contributed by atoms with Crippen LogP contribution < -0.4 is 5.32 Å². The largest absolute Gasteiger partial charge is 0.313 e. The van der Waals surface area contributed by atoms with Crippen LogP contribution in [0.15, 0.2) is 24.3 Å². The van der Waals surface area contributed by atoms with Gasteiger partial charge in [-0.15, -0.1) is 0 Å². The minimum absolute atomic E-state index is 0.358. The number of hydrogen-bond acceptors (Lipinski definition) is 1. The van der Waals surface area contributed by atoms with Gasteiger partial charge in [-0.2, -0.15) is 0 Å². The van der Waals surface area contributed by atoms with Crippen molar-refractivity contribution >= 4 is 0 Å². The van der Waals surface area contributed by atoms with Gasteiger partial charge in [-0.25, -0.2) is 0 Å². The summed E-state index contributed by atoms with van der Waals surface area (Å²) in [6.45, 7) is 10.5.